The molecular formula is C64H42N2O. The summed E-state index contributed by atoms with van der Waals surface area (Å²) in [6.45, 7) is 0. The van der Waals surface area contributed by atoms with E-state index in [9.17, 15) is 0 Å². The maximum absolute atomic E-state index is 6.50. The Morgan fingerprint density at radius 1 is 0.313 bits per heavy atom. The lowest BCUT2D eigenvalue weighted by Crippen LogP contribution is -2.11. The van der Waals surface area contributed by atoms with Gasteiger partial charge in [-0.15, -0.1) is 0 Å². The van der Waals surface area contributed by atoms with Crippen LogP contribution in [0.5, 0.6) is 0 Å². The van der Waals surface area contributed by atoms with Crippen molar-refractivity contribution in [2.24, 2.45) is 0 Å². The maximum atomic E-state index is 6.50. The van der Waals surface area contributed by atoms with Gasteiger partial charge in [-0.25, -0.2) is 0 Å². The Hall–Kier alpha value is -8.92. The molecule has 0 atom stereocenters. The van der Waals surface area contributed by atoms with E-state index in [4.69, 9.17) is 4.42 Å². The van der Waals surface area contributed by atoms with Gasteiger partial charge in [-0.2, -0.15) is 0 Å². The molecule has 314 valence electrons. The number of rotatable bonds is 8. The summed E-state index contributed by atoms with van der Waals surface area (Å²) < 4.78 is 8.93. The largest absolute Gasteiger partial charge is 0.455 e. The molecule has 67 heavy (non-hydrogen) atoms. The van der Waals surface area contributed by atoms with Gasteiger partial charge in [-0.1, -0.05) is 194 Å². The van der Waals surface area contributed by atoms with Crippen LogP contribution in [0.15, 0.2) is 259 Å². The van der Waals surface area contributed by atoms with Gasteiger partial charge in [0.15, 0.2) is 0 Å². The number of para-hydroxylation sites is 6. The molecule has 0 fully saturated rings. The molecule has 13 aromatic rings. The van der Waals surface area contributed by atoms with Crippen LogP contribution in [0.3, 0.4) is 0 Å². The van der Waals surface area contributed by atoms with Gasteiger partial charge in [0, 0.05) is 49.6 Å². The zero-order chi connectivity index (χ0) is 44.3. The van der Waals surface area contributed by atoms with Crippen LogP contribution < -0.4 is 4.90 Å². The minimum Gasteiger partial charge on any atom is -0.455 e. The lowest BCUT2D eigenvalue weighted by atomic mass is 9.93. The molecule has 0 aliphatic rings. The Bertz CT molecular complexity index is 3950. The van der Waals surface area contributed by atoms with Crippen molar-refractivity contribution in [3.63, 3.8) is 0 Å². The second-order valence-electron chi connectivity index (χ2n) is 17.2. The summed E-state index contributed by atoms with van der Waals surface area (Å²) >= 11 is 0. The van der Waals surface area contributed by atoms with Gasteiger partial charge in [0.1, 0.15) is 11.2 Å². The highest BCUT2D eigenvalue weighted by molar-refractivity contribution is 6.11. The number of furan rings is 1. The second kappa shape index (κ2) is 16.0. The first-order chi connectivity index (χ1) is 33.2. The molecule has 0 N–H and O–H groups in total. The van der Waals surface area contributed by atoms with E-state index in [1.54, 1.807) is 0 Å². The third kappa shape index (κ3) is 6.51. The molecule has 2 aromatic heterocycles. The predicted molar refractivity (Wildman–Crippen MR) is 282 cm³/mol. The molecule has 0 bridgehead atoms. The minimum atomic E-state index is 0.898. The van der Waals surface area contributed by atoms with E-state index in [0.717, 1.165) is 78.1 Å². The van der Waals surface area contributed by atoms with Crippen molar-refractivity contribution < 1.29 is 4.42 Å². The highest BCUT2D eigenvalue weighted by Crippen LogP contribution is 2.45. The molecule has 3 nitrogen and oxygen atoms in total. The minimum absolute atomic E-state index is 0.898. The van der Waals surface area contributed by atoms with Crippen LogP contribution >= 0.6 is 0 Å². The van der Waals surface area contributed by atoms with E-state index < -0.39 is 0 Å². The summed E-state index contributed by atoms with van der Waals surface area (Å²) in [7, 11) is 0. The maximum Gasteiger partial charge on any atom is 0.143 e. The number of hydrogen-bond donors (Lipinski definition) is 0. The first-order valence-corrected chi connectivity index (χ1v) is 22.9. The summed E-state index contributed by atoms with van der Waals surface area (Å²) in [6.07, 6.45) is 0. The van der Waals surface area contributed by atoms with Gasteiger partial charge in [-0.3, -0.25) is 0 Å². The highest BCUT2D eigenvalue weighted by Gasteiger charge is 2.21. The summed E-state index contributed by atoms with van der Waals surface area (Å²) in [4.78, 5) is 2.41. The standard InChI is InChI=1S/C64H42N2O/c1-2-18-45-41-47(36-35-43(45)17-1)51-22-5-10-30-59(51)65(48-39-37-44(38-40-48)52-28-16-29-58-57-27-9-14-34-63(57)67-64(52)58)49-20-15-19-46(42-49)50-21-3-4-23-53(50)54-24-6-11-31-60(54)66-61-32-12-7-25-55(61)56-26-8-13-33-62(56)66/h1-42H. The lowest BCUT2D eigenvalue weighted by Gasteiger charge is -2.29. The van der Waals surface area contributed by atoms with Crippen molar-refractivity contribution in [2.75, 3.05) is 4.90 Å². The molecule has 0 aliphatic heterocycles. The van der Waals surface area contributed by atoms with Crippen molar-refractivity contribution in [2.45, 2.75) is 0 Å². The van der Waals surface area contributed by atoms with E-state index in [-0.39, 0.29) is 0 Å². The van der Waals surface area contributed by atoms with Gasteiger partial charge >= 0.3 is 0 Å². The fourth-order valence-electron chi connectivity index (χ4n) is 10.3. The Labute approximate surface area is 388 Å². The number of aromatic nitrogens is 1. The zero-order valence-electron chi connectivity index (χ0n) is 36.6. The van der Waals surface area contributed by atoms with E-state index in [1.807, 2.05) is 12.1 Å². The van der Waals surface area contributed by atoms with Crippen LogP contribution in [0.25, 0.3) is 105 Å². The van der Waals surface area contributed by atoms with Crippen molar-refractivity contribution in [3.05, 3.63) is 255 Å². The summed E-state index contributed by atoms with van der Waals surface area (Å²) in [5, 5.41) is 7.18. The number of nitrogens with zero attached hydrogens (tertiary/aromatic N) is 2. The van der Waals surface area contributed by atoms with E-state index >= 15 is 0 Å². The topological polar surface area (TPSA) is 21.3 Å². The van der Waals surface area contributed by atoms with Crippen LogP contribution in [0, 0.1) is 0 Å². The number of hydrogen-bond acceptors (Lipinski definition) is 2. The van der Waals surface area contributed by atoms with Gasteiger partial charge in [0.05, 0.1) is 22.4 Å². The molecule has 0 saturated carbocycles. The first-order valence-electron chi connectivity index (χ1n) is 22.9. The molecule has 0 unspecified atom stereocenters. The summed E-state index contributed by atoms with van der Waals surface area (Å²) in [6, 6.07) is 92.0. The number of anilines is 3. The monoisotopic (exact) mass is 854 g/mol. The molecular weight excluding hydrogens is 813 g/mol. The van der Waals surface area contributed by atoms with Gasteiger partial charge in [-0.05, 0) is 99.3 Å². The predicted octanol–water partition coefficient (Wildman–Crippen LogP) is 18.0. The molecule has 0 radical (unpaired) electrons. The summed E-state index contributed by atoms with van der Waals surface area (Å²) in [5.41, 5.74) is 17.6. The fraction of sp³-hybridized carbons (Fsp3) is 0. The smallest absolute Gasteiger partial charge is 0.143 e. The normalized spacial score (nSPS) is 11.6. The third-order valence-electron chi connectivity index (χ3n) is 13.4. The van der Waals surface area contributed by atoms with Crippen LogP contribution in [-0.4, -0.2) is 4.57 Å². The molecule has 13 rings (SSSR count). The average molecular weight is 855 g/mol. The van der Waals surface area contributed by atoms with Crippen molar-refractivity contribution in [1.82, 2.24) is 4.57 Å². The fourth-order valence-corrected chi connectivity index (χ4v) is 10.3. The zero-order valence-corrected chi connectivity index (χ0v) is 36.6. The van der Waals surface area contributed by atoms with Crippen molar-refractivity contribution in [3.8, 4) is 50.2 Å². The number of benzene rings is 11. The highest BCUT2D eigenvalue weighted by atomic mass is 16.3. The first kappa shape index (κ1) is 38.5. The van der Waals surface area contributed by atoms with Crippen LogP contribution in [-0.2, 0) is 0 Å². The third-order valence-corrected chi connectivity index (χ3v) is 13.4. The van der Waals surface area contributed by atoms with E-state index in [2.05, 4.69) is 252 Å². The van der Waals surface area contributed by atoms with E-state index in [0.29, 0.717) is 0 Å². The van der Waals surface area contributed by atoms with Crippen LogP contribution in [0.4, 0.5) is 17.1 Å². The molecule has 0 saturated heterocycles. The molecule has 0 amide bonds. The second-order valence-corrected chi connectivity index (χ2v) is 17.2. The Balaban J connectivity index is 0.971. The molecule has 11 aromatic carbocycles. The number of fused-ring (bicyclic) bond motifs is 7. The Morgan fingerprint density at radius 3 is 1.69 bits per heavy atom. The Kier molecular flexibility index (Phi) is 9.17. The van der Waals surface area contributed by atoms with Gasteiger partial charge < -0.3 is 13.9 Å². The molecule has 0 spiro atoms. The van der Waals surface area contributed by atoms with E-state index in [1.165, 1.54) is 43.7 Å². The molecule has 3 heteroatoms. The van der Waals surface area contributed by atoms with Crippen molar-refractivity contribution >= 4 is 71.6 Å². The Morgan fingerprint density at radius 2 is 0.881 bits per heavy atom. The summed E-state index contributed by atoms with van der Waals surface area (Å²) in [5.74, 6) is 0. The SMILES string of the molecule is c1cc(-c2ccccc2-c2ccccc2-n2c3ccccc3c3ccccc32)cc(N(c2ccc(-c3cccc4c3oc3ccccc34)cc2)c2ccccc2-c2ccc3ccccc3c2)c1. The van der Waals surface area contributed by atoms with Gasteiger partial charge in [0.2, 0.25) is 0 Å². The lowest BCUT2D eigenvalue weighted by molar-refractivity contribution is 0.670. The average Bonchev–Trinajstić information content (AvgIpc) is 3.95. The quantitative estimate of drug-likeness (QED) is 0.152. The molecule has 2 heterocycles. The van der Waals surface area contributed by atoms with Gasteiger partial charge in [0.25, 0.3) is 0 Å². The van der Waals surface area contributed by atoms with Crippen LogP contribution in [0.2, 0.25) is 0 Å². The van der Waals surface area contributed by atoms with Crippen molar-refractivity contribution in [1.29, 1.82) is 0 Å². The van der Waals surface area contributed by atoms with Crippen LogP contribution in [0.1, 0.15) is 0 Å². The molecule has 0 aliphatic carbocycles.